The molecule has 3 aliphatic rings. The van der Waals surface area contributed by atoms with Crippen molar-refractivity contribution in [1.82, 2.24) is 14.7 Å². The molecule has 1 N–H and O–H groups in total. The fourth-order valence-electron chi connectivity index (χ4n) is 5.93. The number of ether oxygens (including phenoxy) is 2. The van der Waals surface area contributed by atoms with Gasteiger partial charge in [-0.05, 0) is 80.8 Å². The zero-order valence-electron chi connectivity index (χ0n) is 20.4. The van der Waals surface area contributed by atoms with Crippen LogP contribution in [0.5, 0.6) is 11.5 Å². The lowest BCUT2D eigenvalue weighted by molar-refractivity contribution is -0.120. The van der Waals surface area contributed by atoms with Gasteiger partial charge in [0.1, 0.15) is 17.6 Å². The molecular formula is C28H32N4O3. The van der Waals surface area contributed by atoms with Gasteiger partial charge >= 0.3 is 0 Å². The first kappa shape index (κ1) is 22.2. The largest absolute Gasteiger partial charge is 0.497 e. The molecule has 1 amide bonds. The summed E-state index contributed by atoms with van der Waals surface area (Å²) in [7, 11) is 3.82. The summed E-state index contributed by atoms with van der Waals surface area (Å²) in [6.07, 6.45) is 7.86. The highest BCUT2D eigenvalue weighted by Crippen LogP contribution is 2.53. The van der Waals surface area contributed by atoms with Crippen molar-refractivity contribution in [3.63, 3.8) is 0 Å². The van der Waals surface area contributed by atoms with Gasteiger partial charge in [0.25, 0.3) is 0 Å². The standard InChI is InChI=1S/C28H32N4O3/c1-31-15-10-22(11-16-31)35-25-18-19(17-23-26(25)30-27(33)28(23)12-3-4-13-28)24-9-14-29-32(24)20-5-7-21(34-2)8-6-20/h5-9,14,17-18,22H,3-4,10-13,15-16H2,1-2H3,(H,30,33). The van der Waals surface area contributed by atoms with E-state index in [1.165, 1.54) is 0 Å². The van der Waals surface area contributed by atoms with Crippen LogP contribution >= 0.6 is 0 Å². The van der Waals surface area contributed by atoms with E-state index in [0.717, 1.165) is 91.3 Å². The lowest BCUT2D eigenvalue weighted by Crippen LogP contribution is -2.35. The minimum Gasteiger partial charge on any atom is -0.497 e. The number of methoxy groups -OCH3 is 1. The van der Waals surface area contributed by atoms with Crippen molar-refractivity contribution in [2.75, 3.05) is 32.6 Å². The number of hydrogen-bond acceptors (Lipinski definition) is 5. The van der Waals surface area contributed by atoms with Crippen molar-refractivity contribution in [1.29, 1.82) is 0 Å². The molecule has 2 aliphatic heterocycles. The number of fused-ring (bicyclic) bond motifs is 2. The number of nitrogens with zero attached hydrogens (tertiary/aromatic N) is 3. The first-order valence-electron chi connectivity index (χ1n) is 12.6. The minimum atomic E-state index is -0.443. The van der Waals surface area contributed by atoms with Gasteiger partial charge in [-0.25, -0.2) is 4.68 Å². The molecule has 7 heteroatoms. The van der Waals surface area contributed by atoms with Crippen molar-refractivity contribution < 1.29 is 14.3 Å². The lowest BCUT2D eigenvalue weighted by atomic mass is 9.79. The molecule has 1 aromatic heterocycles. The smallest absolute Gasteiger partial charge is 0.235 e. The maximum absolute atomic E-state index is 13.3. The third kappa shape index (κ3) is 3.78. The Bertz CT molecular complexity index is 1240. The number of carbonyl (C=O) groups excluding carboxylic acids is 1. The number of benzene rings is 2. The Morgan fingerprint density at radius 3 is 2.51 bits per heavy atom. The van der Waals surface area contributed by atoms with Gasteiger partial charge in [-0.15, -0.1) is 0 Å². The molecule has 0 bridgehead atoms. The Balaban J connectivity index is 1.44. The SMILES string of the molecule is COc1ccc(-n2nccc2-c2cc(OC3CCN(C)CC3)c3c(c2)C2(CCCC2)C(=O)N3)cc1. The molecule has 1 saturated heterocycles. The predicted octanol–water partition coefficient (Wildman–Crippen LogP) is 4.78. The molecule has 3 heterocycles. The number of likely N-dealkylation sites (tertiary alicyclic amines) is 1. The van der Waals surface area contributed by atoms with E-state index in [0.29, 0.717) is 0 Å². The molecule has 1 spiro atoms. The van der Waals surface area contributed by atoms with Crippen LogP contribution in [0.15, 0.2) is 48.7 Å². The van der Waals surface area contributed by atoms with Gasteiger partial charge in [-0.3, -0.25) is 4.79 Å². The number of hydrogen-bond donors (Lipinski definition) is 1. The van der Waals surface area contributed by atoms with Crippen molar-refractivity contribution in [3.05, 3.63) is 54.2 Å². The van der Waals surface area contributed by atoms with Gasteiger partial charge in [0.15, 0.2) is 0 Å². The summed E-state index contributed by atoms with van der Waals surface area (Å²) in [5.41, 5.74) is 4.45. The Labute approximate surface area is 206 Å². The predicted molar refractivity (Wildman–Crippen MR) is 135 cm³/mol. The fraction of sp³-hybridized carbons (Fsp3) is 0.429. The number of aromatic nitrogens is 2. The molecule has 6 rings (SSSR count). The van der Waals surface area contributed by atoms with E-state index in [2.05, 4.69) is 34.5 Å². The highest BCUT2D eigenvalue weighted by atomic mass is 16.5. The number of amides is 1. The highest BCUT2D eigenvalue weighted by Gasteiger charge is 2.49. The molecule has 0 radical (unpaired) electrons. The second-order valence-electron chi connectivity index (χ2n) is 10.1. The summed E-state index contributed by atoms with van der Waals surface area (Å²) in [6, 6.07) is 14.2. The Morgan fingerprint density at radius 1 is 1.06 bits per heavy atom. The van der Waals surface area contributed by atoms with Crippen molar-refractivity contribution in [2.45, 2.75) is 50.0 Å². The van der Waals surface area contributed by atoms with Crippen LogP contribution in [0, 0.1) is 0 Å². The van der Waals surface area contributed by atoms with Gasteiger partial charge in [0.05, 0.1) is 35.8 Å². The van der Waals surface area contributed by atoms with Crippen LogP contribution in [-0.4, -0.2) is 53.9 Å². The zero-order valence-corrected chi connectivity index (χ0v) is 20.4. The Hall–Kier alpha value is -3.32. The van der Waals surface area contributed by atoms with Gasteiger partial charge in [0.2, 0.25) is 5.91 Å². The summed E-state index contributed by atoms with van der Waals surface area (Å²) in [4.78, 5) is 15.6. The highest BCUT2D eigenvalue weighted by molar-refractivity contribution is 6.08. The molecule has 1 aliphatic carbocycles. The van der Waals surface area contributed by atoms with Crippen LogP contribution in [0.25, 0.3) is 16.9 Å². The second kappa shape index (κ2) is 8.72. The summed E-state index contributed by atoms with van der Waals surface area (Å²) < 4.78 is 13.9. The first-order chi connectivity index (χ1) is 17.1. The lowest BCUT2D eigenvalue weighted by Gasteiger charge is -2.30. The Morgan fingerprint density at radius 2 is 1.80 bits per heavy atom. The monoisotopic (exact) mass is 472 g/mol. The van der Waals surface area contributed by atoms with Crippen molar-refractivity contribution >= 4 is 11.6 Å². The van der Waals surface area contributed by atoms with Gasteiger partial charge < -0.3 is 19.7 Å². The number of rotatable bonds is 5. The molecule has 182 valence electrons. The van der Waals surface area contributed by atoms with E-state index in [1.807, 2.05) is 41.2 Å². The Kier molecular flexibility index (Phi) is 5.52. The fourth-order valence-corrected chi connectivity index (χ4v) is 5.93. The molecule has 0 atom stereocenters. The first-order valence-corrected chi connectivity index (χ1v) is 12.6. The number of nitrogens with one attached hydrogen (secondary N) is 1. The number of piperidine rings is 1. The molecule has 1 saturated carbocycles. The van der Waals surface area contributed by atoms with Crippen LogP contribution in [0.2, 0.25) is 0 Å². The van der Waals surface area contributed by atoms with Crippen LogP contribution < -0.4 is 14.8 Å². The molecular weight excluding hydrogens is 440 g/mol. The molecule has 3 aromatic rings. The van der Waals surface area contributed by atoms with Crippen LogP contribution in [0.4, 0.5) is 5.69 Å². The third-order valence-corrected chi connectivity index (χ3v) is 7.96. The summed E-state index contributed by atoms with van der Waals surface area (Å²) in [5.74, 6) is 1.72. The quantitative estimate of drug-likeness (QED) is 0.579. The van der Waals surface area contributed by atoms with Crippen LogP contribution in [0.1, 0.15) is 44.1 Å². The van der Waals surface area contributed by atoms with Gasteiger partial charge in [-0.2, -0.15) is 5.10 Å². The van der Waals surface area contributed by atoms with E-state index >= 15 is 0 Å². The molecule has 2 fully saturated rings. The van der Waals surface area contributed by atoms with E-state index in [-0.39, 0.29) is 12.0 Å². The topological polar surface area (TPSA) is 68.6 Å². The normalized spacial score (nSPS) is 19.7. The molecule has 0 unspecified atom stereocenters. The molecule has 7 nitrogen and oxygen atoms in total. The van der Waals surface area contributed by atoms with Gasteiger partial charge in [0, 0.05) is 18.7 Å². The van der Waals surface area contributed by atoms with Crippen LogP contribution in [-0.2, 0) is 10.2 Å². The van der Waals surface area contributed by atoms with E-state index in [4.69, 9.17) is 9.47 Å². The maximum atomic E-state index is 13.3. The number of carbonyl (C=O) groups is 1. The van der Waals surface area contributed by atoms with E-state index < -0.39 is 5.41 Å². The average Bonchev–Trinajstić information content (AvgIpc) is 3.62. The average molecular weight is 473 g/mol. The van der Waals surface area contributed by atoms with Crippen molar-refractivity contribution in [2.24, 2.45) is 0 Å². The minimum absolute atomic E-state index is 0.124. The molecule has 2 aromatic carbocycles. The summed E-state index contributed by atoms with van der Waals surface area (Å²) in [6.45, 7) is 2.04. The second-order valence-corrected chi connectivity index (χ2v) is 10.1. The van der Waals surface area contributed by atoms with E-state index in [9.17, 15) is 4.79 Å². The summed E-state index contributed by atoms with van der Waals surface area (Å²) >= 11 is 0. The number of anilines is 1. The summed E-state index contributed by atoms with van der Waals surface area (Å²) in [5, 5.41) is 7.83. The zero-order chi connectivity index (χ0) is 24.0. The van der Waals surface area contributed by atoms with Gasteiger partial charge in [-0.1, -0.05) is 12.8 Å². The van der Waals surface area contributed by atoms with Crippen molar-refractivity contribution in [3.8, 4) is 28.4 Å². The van der Waals surface area contributed by atoms with Crippen LogP contribution in [0.3, 0.4) is 0 Å². The third-order valence-electron chi connectivity index (χ3n) is 7.96. The van der Waals surface area contributed by atoms with E-state index in [1.54, 1.807) is 7.11 Å². The molecule has 35 heavy (non-hydrogen) atoms. The maximum Gasteiger partial charge on any atom is 0.235 e.